The monoisotopic (exact) mass is 598 g/mol. The van der Waals surface area contributed by atoms with Gasteiger partial charge in [-0.05, 0) is 66.3 Å². The molecule has 5 heterocycles. The number of benzene rings is 5. The first-order chi connectivity index (χ1) is 23.3. The molecule has 6 aromatic carbocycles. The number of para-hydroxylation sites is 2. The van der Waals surface area contributed by atoms with Crippen LogP contribution >= 0.6 is 0 Å². The van der Waals surface area contributed by atoms with E-state index in [0.717, 1.165) is 51.9 Å². The van der Waals surface area contributed by atoms with E-state index in [1.54, 1.807) is 0 Å². The first kappa shape index (κ1) is 23.9. The number of nitrogens with zero attached hydrogens (tertiary/aromatic N) is 4. The zero-order valence-electron chi connectivity index (χ0n) is 25.0. The normalized spacial score (nSPS) is 13.2. The Labute approximate surface area is 267 Å². The van der Waals surface area contributed by atoms with Gasteiger partial charge >= 0.3 is 0 Å². The van der Waals surface area contributed by atoms with Crippen molar-refractivity contribution in [1.29, 1.82) is 0 Å². The van der Waals surface area contributed by atoms with Crippen molar-refractivity contribution >= 4 is 82.0 Å². The van der Waals surface area contributed by atoms with Gasteiger partial charge in [-0.25, -0.2) is 9.97 Å². The van der Waals surface area contributed by atoms with Gasteiger partial charge in [0.05, 0.1) is 27.6 Å². The number of rotatable bonds is 2. The molecule has 0 aliphatic heterocycles. The van der Waals surface area contributed by atoms with E-state index in [1.165, 1.54) is 65.5 Å². The SMILES string of the molecule is c1cccc(-c2nc3oc4ccccc4c3nc2-n2c3c4c5c(ccc6c7ccccc7n(c7cccc8ccc2c4c87)c65)CC3)c#1. The van der Waals surface area contributed by atoms with Crippen molar-refractivity contribution in [3.63, 3.8) is 0 Å². The Kier molecular flexibility index (Phi) is 4.20. The minimum absolute atomic E-state index is 0.526. The van der Waals surface area contributed by atoms with E-state index in [4.69, 9.17) is 14.4 Å². The van der Waals surface area contributed by atoms with Gasteiger partial charge in [-0.2, -0.15) is 0 Å². The number of hydrogen-bond donors (Lipinski definition) is 0. The number of aryl methyl sites for hydroxylation is 2. The van der Waals surface area contributed by atoms with E-state index in [0.29, 0.717) is 5.71 Å². The van der Waals surface area contributed by atoms with Crippen LogP contribution in [-0.2, 0) is 12.8 Å². The highest BCUT2D eigenvalue weighted by molar-refractivity contribution is 6.32. The standard InChI is InChI=1S/C42H22N4O/c1-2-9-25(10-3-1)38-41(43-39-28-13-5-7-16-33(28)47-42(39)44-38)46-31-21-18-23-11-8-15-30-34(23)36(31)37-32(46)22-19-24-17-20-27-26-12-4-6-14-29(26)45(30)40(27)35(24)37/h1-2,4-9,11-18,20-21H,19,22H2. The molecular weight excluding hydrogens is 576 g/mol. The Morgan fingerprint density at radius 1 is 0.638 bits per heavy atom. The van der Waals surface area contributed by atoms with Crippen molar-refractivity contribution in [3.05, 3.63) is 133 Å². The Balaban J connectivity index is 1.36. The van der Waals surface area contributed by atoms with Crippen LogP contribution in [0.4, 0.5) is 0 Å². The van der Waals surface area contributed by atoms with Gasteiger partial charge in [0.2, 0.25) is 5.71 Å². The van der Waals surface area contributed by atoms with Crippen LogP contribution in [-0.4, -0.2) is 18.9 Å². The molecule has 0 fully saturated rings. The zero-order valence-corrected chi connectivity index (χ0v) is 25.0. The summed E-state index contributed by atoms with van der Waals surface area (Å²) in [5, 5.41) is 9.98. The zero-order chi connectivity index (χ0) is 30.4. The minimum Gasteiger partial charge on any atom is -0.436 e. The van der Waals surface area contributed by atoms with E-state index >= 15 is 0 Å². The lowest BCUT2D eigenvalue weighted by Gasteiger charge is -2.18. The molecule has 0 unspecified atom stereocenters. The summed E-state index contributed by atoms with van der Waals surface area (Å²) in [5.74, 6) is 0.791. The fraction of sp³-hybridized carbons (Fsp3) is 0.0476. The molecule has 1 aliphatic carbocycles. The summed E-state index contributed by atoms with van der Waals surface area (Å²) in [4.78, 5) is 10.6. The number of aromatic nitrogens is 4. The highest BCUT2D eigenvalue weighted by Crippen LogP contribution is 2.48. The summed E-state index contributed by atoms with van der Waals surface area (Å²) in [6, 6.07) is 45.2. The van der Waals surface area contributed by atoms with Gasteiger partial charge in [0.15, 0.2) is 5.82 Å². The smallest absolute Gasteiger partial charge is 0.247 e. The van der Waals surface area contributed by atoms with E-state index in [1.807, 2.05) is 36.4 Å². The van der Waals surface area contributed by atoms with Crippen molar-refractivity contribution in [2.45, 2.75) is 12.8 Å². The molecule has 11 aromatic rings. The molecule has 5 nitrogen and oxygen atoms in total. The number of fused-ring (bicyclic) bond motifs is 7. The molecule has 5 heteroatoms. The predicted molar refractivity (Wildman–Crippen MR) is 189 cm³/mol. The lowest BCUT2D eigenvalue weighted by atomic mass is 9.91. The third-order valence-electron chi connectivity index (χ3n) is 10.4. The first-order valence-corrected chi connectivity index (χ1v) is 16.1. The average Bonchev–Trinajstić information content (AvgIpc) is 3.75. The maximum Gasteiger partial charge on any atom is 0.247 e. The molecule has 0 atom stereocenters. The number of hydrogen-bond acceptors (Lipinski definition) is 3. The largest absolute Gasteiger partial charge is 0.436 e. The molecule has 12 rings (SSSR count). The van der Waals surface area contributed by atoms with Crippen LogP contribution in [0.25, 0.3) is 99.0 Å². The van der Waals surface area contributed by atoms with Crippen LogP contribution in [0.15, 0.2) is 114 Å². The van der Waals surface area contributed by atoms with E-state index < -0.39 is 0 Å². The quantitative estimate of drug-likeness (QED) is 0.199. The summed E-state index contributed by atoms with van der Waals surface area (Å²) >= 11 is 0. The van der Waals surface area contributed by atoms with Crippen LogP contribution in [0.1, 0.15) is 11.3 Å². The molecule has 0 spiro atoms. The Hall–Kier alpha value is -6.38. The molecule has 0 saturated heterocycles. The molecule has 47 heavy (non-hydrogen) atoms. The molecule has 5 aromatic heterocycles. The van der Waals surface area contributed by atoms with E-state index in [9.17, 15) is 0 Å². The Morgan fingerprint density at radius 2 is 1.53 bits per heavy atom. The van der Waals surface area contributed by atoms with Crippen molar-refractivity contribution in [2.75, 3.05) is 0 Å². The van der Waals surface area contributed by atoms with Gasteiger partial charge in [-0.3, -0.25) is 4.57 Å². The van der Waals surface area contributed by atoms with Crippen LogP contribution in [0, 0.1) is 12.1 Å². The summed E-state index contributed by atoms with van der Waals surface area (Å²) < 4.78 is 11.2. The van der Waals surface area contributed by atoms with E-state index in [2.05, 4.69) is 93.9 Å². The molecule has 216 valence electrons. The third-order valence-corrected chi connectivity index (χ3v) is 10.4. The van der Waals surface area contributed by atoms with Gasteiger partial charge in [0.25, 0.3) is 0 Å². The summed E-state index contributed by atoms with van der Waals surface area (Å²) in [6.45, 7) is 0. The molecule has 0 N–H and O–H groups in total. The Bertz CT molecular complexity index is 3120. The van der Waals surface area contributed by atoms with Crippen LogP contribution in [0.2, 0.25) is 0 Å². The molecule has 0 amide bonds. The summed E-state index contributed by atoms with van der Waals surface area (Å²) in [7, 11) is 0. The van der Waals surface area contributed by atoms with Gasteiger partial charge < -0.3 is 8.82 Å². The fourth-order valence-electron chi connectivity index (χ4n) is 8.56. The predicted octanol–water partition coefficient (Wildman–Crippen LogP) is 9.99. The van der Waals surface area contributed by atoms with Crippen LogP contribution < -0.4 is 0 Å². The summed E-state index contributed by atoms with van der Waals surface area (Å²) in [5.41, 5.74) is 11.2. The lowest BCUT2D eigenvalue weighted by molar-refractivity contribution is 0.653. The molecule has 1 aliphatic rings. The first-order valence-electron chi connectivity index (χ1n) is 16.1. The minimum atomic E-state index is 0.526. The van der Waals surface area contributed by atoms with E-state index in [-0.39, 0.29) is 0 Å². The highest BCUT2D eigenvalue weighted by Gasteiger charge is 2.30. The topological polar surface area (TPSA) is 48.3 Å². The average molecular weight is 599 g/mol. The van der Waals surface area contributed by atoms with Crippen molar-refractivity contribution in [2.24, 2.45) is 0 Å². The maximum absolute atomic E-state index is 6.26. The summed E-state index contributed by atoms with van der Waals surface area (Å²) in [6.07, 6.45) is 1.84. The molecule has 0 bridgehead atoms. The second-order valence-corrected chi connectivity index (χ2v) is 12.7. The van der Waals surface area contributed by atoms with Crippen LogP contribution in [0.3, 0.4) is 0 Å². The third kappa shape index (κ3) is 2.84. The molecule has 0 saturated carbocycles. The van der Waals surface area contributed by atoms with Crippen molar-refractivity contribution in [3.8, 4) is 17.1 Å². The second kappa shape index (κ2) is 8.25. The number of furan rings is 1. The highest BCUT2D eigenvalue weighted by atomic mass is 16.3. The van der Waals surface area contributed by atoms with Gasteiger partial charge in [-0.15, -0.1) is 0 Å². The second-order valence-electron chi connectivity index (χ2n) is 12.7. The van der Waals surface area contributed by atoms with Crippen molar-refractivity contribution in [1.82, 2.24) is 18.9 Å². The van der Waals surface area contributed by atoms with Crippen LogP contribution in [0.5, 0.6) is 0 Å². The van der Waals surface area contributed by atoms with Gasteiger partial charge in [-0.1, -0.05) is 78.9 Å². The van der Waals surface area contributed by atoms with Gasteiger partial charge in [0, 0.05) is 43.4 Å². The van der Waals surface area contributed by atoms with Gasteiger partial charge in [0.1, 0.15) is 16.8 Å². The Morgan fingerprint density at radius 3 is 2.47 bits per heavy atom. The van der Waals surface area contributed by atoms with Crippen molar-refractivity contribution < 1.29 is 4.42 Å². The lowest BCUT2D eigenvalue weighted by Crippen LogP contribution is -2.09. The molecule has 0 radical (unpaired) electrons. The molecular formula is C42H22N4O. The maximum atomic E-state index is 6.26. The fourth-order valence-corrected chi connectivity index (χ4v) is 8.56.